The number of aromatic nitrogens is 9. The van der Waals surface area contributed by atoms with E-state index in [0.29, 0.717) is 23.3 Å². The maximum absolute atomic E-state index is 5.41. The Bertz CT molecular complexity index is 8170. The molecule has 8 aromatic heterocycles. The highest BCUT2D eigenvalue weighted by Gasteiger charge is 2.27. The Morgan fingerprint density at radius 2 is 0.452 bits per heavy atom. The van der Waals surface area contributed by atoms with Crippen LogP contribution in [0.25, 0.3) is 241 Å². The number of rotatable bonds is 12. The molecular formula is C115H71N9S2. The van der Waals surface area contributed by atoms with Crippen molar-refractivity contribution >= 4 is 150 Å². The second-order valence-electron chi connectivity index (χ2n) is 32.2. The van der Waals surface area contributed by atoms with Gasteiger partial charge >= 0.3 is 0 Å². The summed E-state index contributed by atoms with van der Waals surface area (Å²) < 4.78 is 14.5. The molecular weight excluding hydrogens is 1570 g/mol. The number of thiophene rings is 2. The van der Waals surface area contributed by atoms with E-state index in [4.69, 9.17) is 24.9 Å². The van der Waals surface area contributed by atoms with Crippen molar-refractivity contribution in [3.8, 4) is 113 Å². The average Bonchev–Trinajstić information content (AvgIpc) is 1.55. The molecule has 0 N–H and O–H groups in total. The van der Waals surface area contributed by atoms with Gasteiger partial charge in [-0.25, -0.2) is 24.9 Å². The Hall–Kier alpha value is -16.3. The van der Waals surface area contributed by atoms with E-state index in [2.05, 4.69) is 413 Å². The van der Waals surface area contributed by atoms with Gasteiger partial charge in [-0.15, -0.1) is 22.7 Å². The van der Waals surface area contributed by atoms with Crippen LogP contribution in [0.3, 0.4) is 0 Å². The third-order valence-electron chi connectivity index (χ3n) is 24.9. The molecule has 8 heterocycles. The summed E-state index contributed by atoms with van der Waals surface area (Å²) in [6, 6.07) is 154. The van der Waals surface area contributed by atoms with Crippen molar-refractivity contribution in [3.05, 3.63) is 431 Å². The largest absolute Gasteiger partial charge is 0.309 e. The summed E-state index contributed by atoms with van der Waals surface area (Å²) >= 11 is 3.60. The summed E-state index contributed by atoms with van der Waals surface area (Å²) in [5.41, 5.74) is 26.0. The van der Waals surface area contributed by atoms with Gasteiger partial charge in [-0.05, 0) is 138 Å². The highest BCUT2D eigenvalue weighted by atomic mass is 32.1. The van der Waals surface area contributed by atoms with Crippen molar-refractivity contribution in [2.24, 2.45) is 0 Å². The lowest BCUT2D eigenvalue weighted by atomic mass is 10.0. The Labute approximate surface area is 731 Å². The fraction of sp³-hybridized carbons (Fsp3) is 0. The van der Waals surface area contributed by atoms with Gasteiger partial charge in [0.2, 0.25) is 0 Å². The lowest BCUT2D eigenvalue weighted by Crippen LogP contribution is -2.01. The SMILES string of the molecule is c1ccc(-c2ccc3c4cc5c6ccccc6n(-c6ccccc6)c5cc4n(-c4cc(-c5nc(-c6ccccc6)cc(-c6ccccc6)n5)c5sc6ccccc6c5c4)c3c2)cc1.c1ccc(-c2ccc3c4cc5c6ccccc6n(-c6ccccc6)c5cc4n(-c4cc(-c5nc(-c6ccccc6)nc(-c6ccccc6)n5)c5sc6ccccc6c5c4)c3c2)cc1. The molecule has 126 heavy (non-hydrogen) atoms. The predicted octanol–water partition coefficient (Wildman–Crippen LogP) is 30.8. The van der Waals surface area contributed by atoms with Crippen LogP contribution in [0.5, 0.6) is 0 Å². The molecule has 0 spiro atoms. The highest BCUT2D eigenvalue weighted by Crippen LogP contribution is 2.49. The first-order valence-electron chi connectivity index (χ1n) is 42.5. The lowest BCUT2D eigenvalue weighted by molar-refractivity contribution is 1.07. The first kappa shape index (κ1) is 72.5. The molecule has 0 radical (unpaired) electrons. The van der Waals surface area contributed by atoms with E-state index in [1.165, 1.54) is 106 Å². The third-order valence-corrected chi connectivity index (χ3v) is 27.3. The van der Waals surface area contributed by atoms with E-state index in [1.807, 2.05) is 47.7 Å². The monoisotopic (exact) mass is 1640 g/mol. The highest BCUT2D eigenvalue weighted by molar-refractivity contribution is 7.26. The smallest absolute Gasteiger partial charge is 0.165 e. The van der Waals surface area contributed by atoms with Crippen LogP contribution in [0.4, 0.5) is 0 Å². The van der Waals surface area contributed by atoms with Crippen LogP contribution < -0.4 is 0 Å². The summed E-state index contributed by atoms with van der Waals surface area (Å²) in [6.45, 7) is 0. The van der Waals surface area contributed by atoms with Crippen LogP contribution in [-0.4, -0.2) is 43.2 Å². The summed E-state index contributed by atoms with van der Waals surface area (Å²) in [5.74, 6) is 2.61. The lowest BCUT2D eigenvalue weighted by Gasteiger charge is -2.14. The zero-order valence-electron chi connectivity index (χ0n) is 67.8. The molecule has 0 aliphatic rings. The average molecular weight is 1640 g/mol. The molecule has 0 aliphatic heterocycles. The van der Waals surface area contributed by atoms with Crippen molar-refractivity contribution in [1.29, 1.82) is 0 Å². The van der Waals surface area contributed by atoms with Gasteiger partial charge in [0.15, 0.2) is 23.3 Å². The fourth-order valence-electron chi connectivity index (χ4n) is 19.1. The summed E-state index contributed by atoms with van der Waals surface area (Å²) in [5, 5.41) is 14.5. The van der Waals surface area contributed by atoms with Gasteiger partial charge in [-0.2, -0.15) is 0 Å². The van der Waals surface area contributed by atoms with Gasteiger partial charge in [0.25, 0.3) is 0 Å². The third kappa shape index (κ3) is 12.1. The molecule has 588 valence electrons. The van der Waals surface area contributed by atoms with Crippen LogP contribution in [0.15, 0.2) is 431 Å². The summed E-state index contributed by atoms with van der Waals surface area (Å²) in [7, 11) is 0. The fourth-order valence-corrected chi connectivity index (χ4v) is 21.5. The number of fused-ring (bicyclic) bond motifs is 18. The van der Waals surface area contributed by atoms with Gasteiger partial charge in [0.1, 0.15) is 0 Å². The predicted molar refractivity (Wildman–Crippen MR) is 528 cm³/mol. The Morgan fingerprint density at radius 1 is 0.159 bits per heavy atom. The zero-order valence-corrected chi connectivity index (χ0v) is 69.5. The Morgan fingerprint density at radius 3 is 0.841 bits per heavy atom. The molecule has 0 saturated heterocycles. The molecule has 0 unspecified atom stereocenters. The Kier molecular flexibility index (Phi) is 17.1. The number of para-hydroxylation sites is 4. The molecule has 0 amide bonds. The molecule has 0 atom stereocenters. The normalized spacial score (nSPS) is 11.8. The zero-order chi connectivity index (χ0) is 82.9. The number of benzene rings is 18. The summed E-state index contributed by atoms with van der Waals surface area (Å²) in [4.78, 5) is 26.5. The quantitative estimate of drug-likeness (QED) is 0.122. The van der Waals surface area contributed by atoms with Gasteiger partial charge < -0.3 is 18.3 Å². The maximum atomic E-state index is 5.41. The molecule has 0 aliphatic carbocycles. The first-order chi connectivity index (χ1) is 62.5. The maximum Gasteiger partial charge on any atom is 0.165 e. The Balaban J connectivity index is 0.000000137. The van der Waals surface area contributed by atoms with Crippen LogP contribution in [0.1, 0.15) is 0 Å². The van der Waals surface area contributed by atoms with Gasteiger partial charge in [-0.1, -0.05) is 315 Å². The first-order valence-corrected chi connectivity index (χ1v) is 44.1. The molecule has 11 heteroatoms. The molecule has 26 rings (SSSR count). The molecule has 26 aromatic rings. The summed E-state index contributed by atoms with van der Waals surface area (Å²) in [6.07, 6.45) is 0. The van der Waals surface area contributed by atoms with Gasteiger partial charge in [0, 0.05) is 140 Å². The molecule has 0 bridgehead atoms. The van der Waals surface area contributed by atoms with E-state index in [1.54, 1.807) is 11.3 Å². The van der Waals surface area contributed by atoms with Crippen molar-refractivity contribution < 1.29 is 0 Å². The molecule has 0 saturated carbocycles. The number of nitrogens with zero attached hydrogens (tertiary/aromatic N) is 9. The van der Waals surface area contributed by atoms with Crippen molar-refractivity contribution in [2.45, 2.75) is 0 Å². The van der Waals surface area contributed by atoms with Crippen molar-refractivity contribution in [3.63, 3.8) is 0 Å². The number of hydrogen-bond donors (Lipinski definition) is 0. The topological polar surface area (TPSA) is 84.2 Å². The van der Waals surface area contributed by atoms with Crippen molar-refractivity contribution in [1.82, 2.24) is 43.2 Å². The minimum absolute atomic E-state index is 0.637. The molecule has 18 aromatic carbocycles. The van der Waals surface area contributed by atoms with Crippen LogP contribution in [-0.2, 0) is 0 Å². The van der Waals surface area contributed by atoms with Gasteiger partial charge in [0.05, 0.1) is 55.5 Å². The molecule has 9 nitrogen and oxygen atoms in total. The van der Waals surface area contributed by atoms with Crippen LogP contribution >= 0.6 is 22.7 Å². The van der Waals surface area contributed by atoms with Crippen molar-refractivity contribution in [2.75, 3.05) is 0 Å². The van der Waals surface area contributed by atoms with Crippen LogP contribution in [0.2, 0.25) is 0 Å². The minimum atomic E-state index is 0.637. The molecule has 0 fully saturated rings. The van der Waals surface area contributed by atoms with E-state index in [0.717, 1.165) is 111 Å². The van der Waals surface area contributed by atoms with E-state index in [-0.39, 0.29) is 0 Å². The number of hydrogen-bond acceptors (Lipinski definition) is 7. The van der Waals surface area contributed by atoms with Crippen LogP contribution in [0, 0.1) is 0 Å². The second kappa shape index (κ2) is 29.8. The second-order valence-corrected chi connectivity index (χ2v) is 34.3. The minimum Gasteiger partial charge on any atom is -0.309 e. The van der Waals surface area contributed by atoms with Gasteiger partial charge in [-0.3, -0.25) is 0 Å². The van der Waals surface area contributed by atoms with E-state index >= 15 is 0 Å². The van der Waals surface area contributed by atoms with E-state index < -0.39 is 0 Å². The van der Waals surface area contributed by atoms with E-state index in [9.17, 15) is 0 Å². The standard InChI is InChI=1S/C58H36N4S.C57H35N5S/c1-5-17-37(18-6-1)40-29-30-44-47-34-46-43-25-13-15-27-52(43)61(41-23-11-4-12-24-41)54(46)36-55(47)62(53(44)31-40)42-32-48-45-26-14-16-28-56(45)63-57(48)49(33-42)58-59-50(38-19-7-2-8-20-38)35-51(60-58)39-21-9-3-10-22-39;1-5-17-36(18-6-1)39-29-30-43-46-34-45-42-25-13-15-27-49(42)61(40-23-11-4-12-24-40)51(45)35-52(46)62(50(43)31-39)41-32-47-44-26-14-16-28-53(44)63-54(47)48(33-41)57-59-55(37-19-7-2-8-20-37)58-56(60-57)38-21-9-3-10-22-38/h1-36H;1-35H.